The summed E-state index contributed by atoms with van der Waals surface area (Å²) in [5, 5.41) is 3.41. The number of carbonyl (C=O) groups excluding carboxylic acids is 2. The minimum atomic E-state index is -4.39. The smallest absolute Gasteiger partial charge is 0.264 e. The van der Waals surface area contributed by atoms with Gasteiger partial charge in [0, 0.05) is 29.2 Å². The first kappa shape index (κ1) is 31.4. The number of carbonyl (C=O) groups is 2. The fourth-order valence-corrected chi connectivity index (χ4v) is 6.39. The molecule has 0 saturated heterocycles. The van der Waals surface area contributed by atoms with Gasteiger partial charge in [0.25, 0.3) is 10.0 Å². The Morgan fingerprint density at radius 3 is 2.31 bits per heavy atom. The van der Waals surface area contributed by atoms with Gasteiger partial charge in [-0.25, -0.2) is 12.8 Å². The number of sulfonamides is 1. The van der Waals surface area contributed by atoms with Gasteiger partial charge in [-0.05, 0) is 67.4 Å². The number of rotatable bonds is 11. The highest BCUT2D eigenvalue weighted by Gasteiger charge is 2.34. The Bertz CT molecular complexity index is 1560. The van der Waals surface area contributed by atoms with Crippen molar-refractivity contribution in [3.05, 3.63) is 82.1 Å². The van der Waals surface area contributed by atoms with Crippen LogP contribution in [0, 0.1) is 5.82 Å². The lowest BCUT2D eigenvalue weighted by atomic mass is 10.1. The summed E-state index contributed by atoms with van der Waals surface area (Å²) in [6, 6.07) is 12.7. The molecule has 0 bridgehead atoms. The van der Waals surface area contributed by atoms with Crippen molar-refractivity contribution in [3.63, 3.8) is 0 Å². The fourth-order valence-electron chi connectivity index (χ4n) is 4.49. The maximum atomic E-state index is 14.0. The average Bonchev–Trinajstić information content (AvgIpc) is 2.97. The van der Waals surface area contributed by atoms with Gasteiger partial charge in [0.1, 0.15) is 31.6 Å². The summed E-state index contributed by atoms with van der Waals surface area (Å²) in [5.41, 5.74) is 0.565. The van der Waals surface area contributed by atoms with E-state index in [0.29, 0.717) is 29.5 Å². The number of ether oxygens (including phenoxy) is 2. The van der Waals surface area contributed by atoms with Gasteiger partial charge in [-0.15, -0.1) is 0 Å². The quantitative estimate of drug-likeness (QED) is 0.316. The van der Waals surface area contributed by atoms with E-state index in [4.69, 9.17) is 32.7 Å². The van der Waals surface area contributed by atoms with E-state index in [1.54, 1.807) is 26.0 Å². The van der Waals surface area contributed by atoms with Crippen molar-refractivity contribution in [2.45, 2.75) is 37.8 Å². The molecular weight excluding hydrogens is 608 g/mol. The second-order valence-corrected chi connectivity index (χ2v) is 12.1. The topological polar surface area (TPSA) is 105 Å². The van der Waals surface area contributed by atoms with E-state index < -0.39 is 40.2 Å². The van der Waals surface area contributed by atoms with E-state index in [-0.39, 0.29) is 40.9 Å². The van der Waals surface area contributed by atoms with Crippen LogP contribution in [0.4, 0.5) is 10.1 Å². The van der Waals surface area contributed by atoms with Crippen LogP contribution in [0.15, 0.2) is 65.6 Å². The maximum Gasteiger partial charge on any atom is 0.264 e. The fraction of sp³-hybridized carbons (Fsp3) is 0.310. The van der Waals surface area contributed by atoms with Gasteiger partial charge in [0.15, 0.2) is 11.5 Å². The minimum absolute atomic E-state index is 0.0511. The molecule has 1 aliphatic rings. The summed E-state index contributed by atoms with van der Waals surface area (Å²) in [7, 11) is -4.39. The predicted octanol–water partition coefficient (Wildman–Crippen LogP) is 5.04. The van der Waals surface area contributed by atoms with Crippen molar-refractivity contribution < 1.29 is 31.9 Å². The SMILES string of the molecule is CCNC(=O)C(CC)N(Cc1ccc(Cl)cc1Cl)C(=O)CN(c1ccc(F)cc1)S(=O)(=O)c1ccc2c(c1)OCCO2. The number of halogens is 3. The molecule has 0 spiro atoms. The molecule has 3 aromatic rings. The molecular formula is C29H30Cl2FN3O6S. The second-order valence-electron chi connectivity index (χ2n) is 9.37. The van der Waals surface area contributed by atoms with Crippen LogP contribution in [0.5, 0.6) is 11.5 Å². The van der Waals surface area contributed by atoms with Gasteiger partial charge in [0.05, 0.1) is 10.6 Å². The molecule has 0 aliphatic carbocycles. The lowest BCUT2D eigenvalue weighted by molar-refractivity contribution is -0.140. The van der Waals surface area contributed by atoms with E-state index in [1.165, 1.54) is 41.3 Å². The van der Waals surface area contributed by atoms with Crippen molar-refractivity contribution in [3.8, 4) is 11.5 Å². The largest absolute Gasteiger partial charge is 0.486 e. The summed E-state index contributed by atoms with van der Waals surface area (Å²) < 4.78 is 53.9. The summed E-state index contributed by atoms with van der Waals surface area (Å²) in [6.07, 6.45) is 0.244. The van der Waals surface area contributed by atoms with E-state index in [2.05, 4.69) is 5.32 Å². The normalized spacial score (nSPS) is 13.3. The zero-order valence-corrected chi connectivity index (χ0v) is 25.3. The van der Waals surface area contributed by atoms with Crippen LogP contribution < -0.4 is 19.1 Å². The molecule has 4 rings (SSSR count). The third kappa shape index (κ3) is 7.08. The molecule has 224 valence electrons. The lowest BCUT2D eigenvalue weighted by Gasteiger charge is -2.33. The van der Waals surface area contributed by atoms with Crippen LogP contribution in [0.1, 0.15) is 25.8 Å². The lowest BCUT2D eigenvalue weighted by Crippen LogP contribution is -2.52. The van der Waals surface area contributed by atoms with E-state index >= 15 is 0 Å². The number of anilines is 1. The molecule has 1 aliphatic heterocycles. The minimum Gasteiger partial charge on any atom is -0.486 e. The summed E-state index contributed by atoms with van der Waals surface area (Å²) in [6.45, 7) is 3.62. The Morgan fingerprint density at radius 1 is 0.976 bits per heavy atom. The molecule has 13 heteroatoms. The first-order valence-electron chi connectivity index (χ1n) is 13.2. The van der Waals surface area contributed by atoms with Crippen molar-refractivity contribution in [1.82, 2.24) is 10.2 Å². The van der Waals surface area contributed by atoms with Crippen LogP contribution >= 0.6 is 23.2 Å². The van der Waals surface area contributed by atoms with Gasteiger partial charge in [-0.2, -0.15) is 0 Å². The molecule has 0 saturated carbocycles. The predicted molar refractivity (Wildman–Crippen MR) is 158 cm³/mol. The molecule has 42 heavy (non-hydrogen) atoms. The Labute approximate surface area is 254 Å². The van der Waals surface area contributed by atoms with Gasteiger partial charge < -0.3 is 19.7 Å². The van der Waals surface area contributed by atoms with E-state index in [1.807, 2.05) is 0 Å². The van der Waals surface area contributed by atoms with Crippen LogP contribution in [0.25, 0.3) is 0 Å². The average molecular weight is 639 g/mol. The molecule has 1 N–H and O–H groups in total. The zero-order chi connectivity index (χ0) is 30.4. The summed E-state index contributed by atoms with van der Waals surface area (Å²) in [5.74, 6) is -1.02. The van der Waals surface area contributed by atoms with Gasteiger partial charge in [-0.1, -0.05) is 36.2 Å². The monoisotopic (exact) mass is 637 g/mol. The summed E-state index contributed by atoms with van der Waals surface area (Å²) in [4.78, 5) is 28.2. The van der Waals surface area contributed by atoms with Gasteiger partial charge in [-0.3, -0.25) is 13.9 Å². The zero-order valence-electron chi connectivity index (χ0n) is 23.0. The number of nitrogens with zero attached hydrogens (tertiary/aromatic N) is 2. The van der Waals surface area contributed by atoms with Crippen LogP contribution in [0.2, 0.25) is 10.0 Å². The molecule has 9 nitrogen and oxygen atoms in total. The van der Waals surface area contributed by atoms with Crippen LogP contribution in [-0.2, 0) is 26.2 Å². The van der Waals surface area contributed by atoms with Crippen molar-refractivity contribution in [2.75, 3.05) is 30.6 Å². The molecule has 0 aromatic heterocycles. The Kier molecular flexibility index (Phi) is 10.2. The number of amides is 2. The number of hydrogen-bond acceptors (Lipinski definition) is 6. The molecule has 1 heterocycles. The Morgan fingerprint density at radius 2 is 1.67 bits per heavy atom. The molecule has 0 radical (unpaired) electrons. The number of hydrogen-bond donors (Lipinski definition) is 1. The highest BCUT2D eigenvalue weighted by atomic mass is 35.5. The van der Waals surface area contributed by atoms with Crippen molar-refractivity contribution >= 4 is 50.7 Å². The van der Waals surface area contributed by atoms with E-state index in [0.717, 1.165) is 16.4 Å². The molecule has 3 aromatic carbocycles. The number of likely N-dealkylation sites (N-methyl/N-ethyl adjacent to an activating group) is 1. The number of nitrogens with one attached hydrogen (secondary N) is 1. The third-order valence-electron chi connectivity index (χ3n) is 6.59. The van der Waals surface area contributed by atoms with Gasteiger partial charge in [0.2, 0.25) is 11.8 Å². The molecule has 2 amide bonds. The van der Waals surface area contributed by atoms with Crippen molar-refractivity contribution in [2.24, 2.45) is 0 Å². The highest BCUT2D eigenvalue weighted by Crippen LogP contribution is 2.34. The molecule has 1 atom stereocenters. The highest BCUT2D eigenvalue weighted by molar-refractivity contribution is 7.92. The standard InChI is InChI=1S/C29H30Cl2FN3O6S/c1-3-25(29(37)33-4-2)34(17-19-5-6-20(30)15-24(19)31)28(36)18-35(22-9-7-21(32)8-10-22)42(38,39)23-11-12-26-27(16-23)41-14-13-40-26/h5-12,15-16,25H,3-4,13-14,17-18H2,1-2H3,(H,33,37). The van der Waals surface area contributed by atoms with E-state index in [9.17, 15) is 22.4 Å². The maximum absolute atomic E-state index is 14.0. The molecule has 1 unspecified atom stereocenters. The Balaban J connectivity index is 1.76. The Hall–Kier alpha value is -3.54. The summed E-state index contributed by atoms with van der Waals surface area (Å²) >= 11 is 12.5. The van der Waals surface area contributed by atoms with Crippen LogP contribution in [-0.4, -0.2) is 57.5 Å². The molecule has 0 fully saturated rings. The van der Waals surface area contributed by atoms with Gasteiger partial charge >= 0.3 is 0 Å². The first-order valence-corrected chi connectivity index (χ1v) is 15.4. The first-order chi connectivity index (χ1) is 20.0. The third-order valence-corrected chi connectivity index (χ3v) is 8.94. The number of benzene rings is 3. The second kappa shape index (κ2) is 13.6. The number of fused-ring (bicyclic) bond motifs is 1. The van der Waals surface area contributed by atoms with Crippen LogP contribution in [0.3, 0.4) is 0 Å². The van der Waals surface area contributed by atoms with Crippen molar-refractivity contribution in [1.29, 1.82) is 0 Å².